The Morgan fingerprint density at radius 3 is 3.05 bits per heavy atom. The molecule has 1 aromatic carbocycles. The van der Waals surface area contributed by atoms with Gasteiger partial charge in [0.25, 0.3) is 5.91 Å². The summed E-state index contributed by atoms with van der Waals surface area (Å²) in [5.74, 6) is 6.07. The van der Waals surface area contributed by atoms with E-state index in [0.717, 1.165) is 5.56 Å². The zero-order valence-corrected chi connectivity index (χ0v) is 12.2. The van der Waals surface area contributed by atoms with Crippen molar-refractivity contribution in [1.82, 2.24) is 4.98 Å². The summed E-state index contributed by atoms with van der Waals surface area (Å²) in [6.07, 6.45) is 1.92. The van der Waals surface area contributed by atoms with E-state index < -0.39 is 0 Å². The predicted molar refractivity (Wildman–Crippen MR) is 81.6 cm³/mol. The Bertz CT molecular complexity index is 672. The summed E-state index contributed by atoms with van der Waals surface area (Å²) in [4.78, 5) is 16.4. The fourth-order valence-corrected chi connectivity index (χ4v) is 2.13. The zero-order chi connectivity index (χ0) is 15.1. The molecular weight excluding hydrogens is 288 g/mol. The van der Waals surface area contributed by atoms with Crippen LogP contribution in [0.2, 0.25) is 0 Å². The molecule has 1 heterocycles. The summed E-state index contributed by atoms with van der Waals surface area (Å²) in [6, 6.07) is 5.28. The number of aromatic nitrogens is 1. The predicted octanol–water partition coefficient (Wildman–Crippen LogP) is 2.14. The molecule has 0 fully saturated rings. The van der Waals surface area contributed by atoms with Gasteiger partial charge in [-0.05, 0) is 18.2 Å². The summed E-state index contributed by atoms with van der Waals surface area (Å²) in [5.41, 5.74) is 2.89. The van der Waals surface area contributed by atoms with Gasteiger partial charge in [0.1, 0.15) is 10.6 Å². The standard InChI is InChI=1S/C15H14N2O3S/c1-20-13-6-5-11(4-2-3-7-18)8-12(13)17-15(19)14-9-16-10-21-14/h5-6,8-10,18H,3,7H2,1H3,(H,17,19). The Kier molecular flexibility index (Phi) is 5.32. The van der Waals surface area contributed by atoms with Crippen molar-refractivity contribution in [1.29, 1.82) is 0 Å². The van der Waals surface area contributed by atoms with Gasteiger partial charge >= 0.3 is 0 Å². The molecule has 0 unspecified atom stereocenters. The SMILES string of the molecule is COc1ccc(C#CCCO)cc1NC(=O)c1cncs1. The topological polar surface area (TPSA) is 71.5 Å². The molecule has 6 heteroatoms. The molecule has 0 atom stereocenters. The normalized spacial score (nSPS) is 9.62. The molecule has 0 spiro atoms. The average Bonchev–Trinajstić information content (AvgIpc) is 3.02. The Morgan fingerprint density at radius 1 is 1.52 bits per heavy atom. The van der Waals surface area contributed by atoms with E-state index in [1.165, 1.54) is 24.6 Å². The second-order valence-corrected chi connectivity index (χ2v) is 4.90. The van der Waals surface area contributed by atoms with Gasteiger partial charge < -0.3 is 15.2 Å². The summed E-state index contributed by atoms with van der Waals surface area (Å²) in [6.45, 7) is 0.0259. The lowest BCUT2D eigenvalue weighted by Crippen LogP contribution is -2.11. The molecule has 0 aliphatic rings. The quantitative estimate of drug-likeness (QED) is 0.849. The van der Waals surface area contributed by atoms with Crippen molar-refractivity contribution in [3.05, 3.63) is 40.3 Å². The van der Waals surface area contributed by atoms with Crippen molar-refractivity contribution in [2.75, 3.05) is 19.0 Å². The van der Waals surface area contributed by atoms with Gasteiger partial charge in [0.15, 0.2) is 0 Å². The number of hydrogen-bond donors (Lipinski definition) is 2. The first-order chi connectivity index (χ1) is 10.2. The fraction of sp³-hybridized carbons (Fsp3) is 0.200. The van der Waals surface area contributed by atoms with Gasteiger partial charge in [-0.3, -0.25) is 9.78 Å². The van der Waals surface area contributed by atoms with Crippen LogP contribution in [-0.4, -0.2) is 29.7 Å². The molecule has 2 N–H and O–H groups in total. The number of thiazole rings is 1. The van der Waals surface area contributed by atoms with E-state index in [4.69, 9.17) is 9.84 Å². The van der Waals surface area contributed by atoms with Crippen LogP contribution in [0.5, 0.6) is 5.75 Å². The van der Waals surface area contributed by atoms with Crippen molar-refractivity contribution in [3.63, 3.8) is 0 Å². The molecule has 2 aromatic rings. The monoisotopic (exact) mass is 302 g/mol. The highest BCUT2D eigenvalue weighted by Crippen LogP contribution is 2.26. The van der Waals surface area contributed by atoms with E-state index in [1.807, 2.05) is 0 Å². The highest BCUT2D eigenvalue weighted by Gasteiger charge is 2.11. The molecule has 5 nitrogen and oxygen atoms in total. The summed E-state index contributed by atoms with van der Waals surface area (Å²) >= 11 is 1.27. The first-order valence-electron chi connectivity index (χ1n) is 6.22. The number of rotatable bonds is 4. The second-order valence-electron chi connectivity index (χ2n) is 4.01. The van der Waals surface area contributed by atoms with Crippen molar-refractivity contribution in [3.8, 4) is 17.6 Å². The van der Waals surface area contributed by atoms with Gasteiger partial charge in [0, 0.05) is 12.0 Å². The number of methoxy groups -OCH3 is 1. The van der Waals surface area contributed by atoms with Crippen LogP contribution >= 0.6 is 11.3 Å². The molecular formula is C15H14N2O3S. The van der Waals surface area contributed by atoms with Crippen molar-refractivity contribution >= 4 is 22.9 Å². The van der Waals surface area contributed by atoms with Crippen LogP contribution in [0.1, 0.15) is 21.7 Å². The lowest BCUT2D eigenvalue weighted by molar-refractivity contribution is 0.103. The fourth-order valence-electron chi connectivity index (χ4n) is 1.62. The van der Waals surface area contributed by atoms with E-state index >= 15 is 0 Å². The third-order valence-electron chi connectivity index (χ3n) is 2.57. The van der Waals surface area contributed by atoms with Gasteiger partial charge in [-0.2, -0.15) is 0 Å². The first-order valence-corrected chi connectivity index (χ1v) is 7.10. The second kappa shape index (κ2) is 7.43. The van der Waals surface area contributed by atoms with Crippen molar-refractivity contribution < 1.29 is 14.6 Å². The number of aliphatic hydroxyl groups excluding tert-OH is 1. The Labute approximate surface area is 126 Å². The lowest BCUT2D eigenvalue weighted by atomic mass is 10.2. The molecule has 0 aliphatic carbocycles. The Morgan fingerprint density at radius 2 is 2.38 bits per heavy atom. The molecule has 0 saturated heterocycles. The van der Waals surface area contributed by atoms with Gasteiger partial charge in [-0.15, -0.1) is 11.3 Å². The number of aliphatic hydroxyl groups is 1. The number of hydrogen-bond acceptors (Lipinski definition) is 5. The number of ether oxygens (including phenoxy) is 1. The molecule has 108 valence electrons. The van der Waals surface area contributed by atoms with Crippen LogP contribution in [0.3, 0.4) is 0 Å². The molecule has 2 rings (SSSR count). The minimum atomic E-state index is -0.240. The number of carbonyl (C=O) groups excluding carboxylic acids is 1. The van der Waals surface area contributed by atoms with E-state index in [0.29, 0.717) is 22.7 Å². The summed E-state index contributed by atoms with van der Waals surface area (Å²) in [7, 11) is 1.54. The highest BCUT2D eigenvalue weighted by molar-refractivity contribution is 7.11. The van der Waals surface area contributed by atoms with Gasteiger partial charge in [-0.1, -0.05) is 11.8 Å². The minimum absolute atomic E-state index is 0.0259. The zero-order valence-electron chi connectivity index (χ0n) is 11.4. The van der Waals surface area contributed by atoms with Crippen LogP contribution in [0.4, 0.5) is 5.69 Å². The van der Waals surface area contributed by atoms with Crippen LogP contribution in [-0.2, 0) is 0 Å². The van der Waals surface area contributed by atoms with E-state index in [-0.39, 0.29) is 12.5 Å². The number of amides is 1. The first kappa shape index (κ1) is 15.0. The third-order valence-corrected chi connectivity index (χ3v) is 3.35. The molecule has 0 saturated carbocycles. The summed E-state index contributed by atoms with van der Waals surface area (Å²) < 4.78 is 5.23. The Hall–Kier alpha value is -2.36. The molecule has 0 radical (unpaired) electrons. The van der Waals surface area contributed by atoms with Gasteiger partial charge in [0.05, 0.1) is 31.1 Å². The van der Waals surface area contributed by atoms with E-state index in [1.54, 1.807) is 23.7 Å². The maximum absolute atomic E-state index is 12.0. The smallest absolute Gasteiger partial charge is 0.267 e. The molecule has 0 aliphatic heterocycles. The molecule has 0 bridgehead atoms. The number of carbonyl (C=O) groups is 1. The maximum Gasteiger partial charge on any atom is 0.267 e. The molecule has 1 amide bonds. The van der Waals surface area contributed by atoms with E-state index in [2.05, 4.69) is 22.1 Å². The van der Waals surface area contributed by atoms with Gasteiger partial charge in [0.2, 0.25) is 0 Å². The van der Waals surface area contributed by atoms with Gasteiger partial charge in [-0.25, -0.2) is 0 Å². The number of anilines is 1. The summed E-state index contributed by atoms with van der Waals surface area (Å²) in [5, 5.41) is 11.5. The lowest BCUT2D eigenvalue weighted by Gasteiger charge is -2.09. The minimum Gasteiger partial charge on any atom is -0.495 e. The van der Waals surface area contributed by atoms with Crippen LogP contribution in [0.15, 0.2) is 29.9 Å². The number of nitrogens with zero attached hydrogens (tertiary/aromatic N) is 1. The van der Waals surface area contributed by atoms with E-state index in [9.17, 15) is 4.79 Å². The van der Waals surface area contributed by atoms with Crippen LogP contribution in [0.25, 0.3) is 0 Å². The van der Waals surface area contributed by atoms with Crippen molar-refractivity contribution in [2.45, 2.75) is 6.42 Å². The van der Waals surface area contributed by atoms with Crippen LogP contribution < -0.4 is 10.1 Å². The molecule has 1 aromatic heterocycles. The highest BCUT2D eigenvalue weighted by atomic mass is 32.1. The molecule has 21 heavy (non-hydrogen) atoms. The Balaban J connectivity index is 2.22. The van der Waals surface area contributed by atoms with Crippen LogP contribution in [0, 0.1) is 11.8 Å². The number of nitrogens with one attached hydrogen (secondary N) is 1. The average molecular weight is 302 g/mol. The maximum atomic E-state index is 12.0. The largest absolute Gasteiger partial charge is 0.495 e. The third kappa shape index (κ3) is 4.05. The van der Waals surface area contributed by atoms with Crippen molar-refractivity contribution in [2.24, 2.45) is 0 Å². The number of benzene rings is 1.